The van der Waals surface area contributed by atoms with Gasteiger partial charge in [0, 0.05) is 16.1 Å². The summed E-state index contributed by atoms with van der Waals surface area (Å²) in [7, 11) is 0. The van der Waals surface area contributed by atoms with Crippen LogP contribution in [0.4, 0.5) is 5.69 Å². The van der Waals surface area contributed by atoms with E-state index in [1.165, 1.54) is 17.4 Å². The van der Waals surface area contributed by atoms with Crippen LogP contribution in [-0.4, -0.2) is 29.4 Å². The summed E-state index contributed by atoms with van der Waals surface area (Å²) in [6.45, 7) is 3.43. The highest BCUT2D eigenvalue weighted by atomic mass is 32.1. The second kappa shape index (κ2) is 7.06. The van der Waals surface area contributed by atoms with Gasteiger partial charge in [-0.05, 0) is 43.7 Å². The number of nitrogens with one attached hydrogen (secondary N) is 2. The molecule has 7 heteroatoms. The highest BCUT2D eigenvalue weighted by Gasteiger charge is 2.12. The number of thiophene rings is 1. The van der Waals surface area contributed by atoms with Crippen LogP contribution in [-0.2, 0) is 4.79 Å². The van der Waals surface area contributed by atoms with Crippen molar-refractivity contribution in [2.75, 3.05) is 11.9 Å². The second-order valence-electron chi connectivity index (χ2n) is 4.96. The summed E-state index contributed by atoms with van der Waals surface area (Å²) in [4.78, 5) is 36.2. The van der Waals surface area contributed by atoms with Crippen molar-refractivity contribution in [3.8, 4) is 0 Å². The number of hydrogen-bond donors (Lipinski definition) is 3. The first-order valence-corrected chi connectivity index (χ1v) is 7.67. The first-order valence-electron chi connectivity index (χ1n) is 6.85. The molecule has 0 aliphatic carbocycles. The molecule has 0 aliphatic heterocycles. The Morgan fingerprint density at radius 1 is 1.13 bits per heavy atom. The molecule has 0 spiro atoms. The normalized spacial score (nSPS) is 10.2. The van der Waals surface area contributed by atoms with E-state index in [2.05, 4.69) is 10.6 Å². The minimum atomic E-state index is -1.12. The predicted octanol–water partition coefficient (Wildman–Crippen LogP) is 2.43. The SMILES string of the molecule is Cc1cc(C(=O)Nc2cccc(C(=O)NCC(=O)O)c2)sc1C. The predicted molar refractivity (Wildman–Crippen MR) is 88.2 cm³/mol. The monoisotopic (exact) mass is 332 g/mol. The van der Waals surface area contributed by atoms with Gasteiger partial charge < -0.3 is 15.7 Å². The molecule has 0 bridgehead atoms. The van der Waals surface area contributed by atoms with Crippen LogP contribution in [0.2, 0.25) is 0 Å². The zero-order chi connectivity index (χ0) is 17.0. The van der Waals surface area contributed by atoms with Crippen molar-refractivity contribution in [1.82, 2.24) is 5.32 Å². The highest BCUT2D eigenvalue weighted by Crippen LogP contribution is 2.22. The molecule has 6 nitrogen and oxygen atoms in total. The Labute approximate surface area is 137 Å². The molecule has 23 heavy (non-hydrogen) atoms. The lowest BCUT2D eigenvalue weighted by atomic mass is 10.2. The number of benzene rings is 1. The Morgan fingerprint density at radius 2 is 1.87 bits per heavy atom. The maximum atomic E-state index is 12.2. The summed E-state index contributed by atoms with van der Waals surface area (Å²) in [5.74, 6) is -1.87. The smallest absolute Gasteiger partial charge is 0.322 e. The van der Waals surface area contributed by atoms with Crippen molar-refractivity contribution in [2.24, 2.45) is 0 Å². The lowest BCUT2D eigenvalue weighted by molar-refractivity contribution is -0.135. The van der Waals surface area contributed by atoms with Gasteiger partial charge in [0.25, 0.3) is 11.8 Å². The lowest BCUT2D eigenvalue weighted by Crippen LogP contribution is -2.29. The summed E-state index contributed by atoms with van der Waals surface area (Å²) < 4.78 is 0. The van der Waals surface area contributed by atoms with Crippen LogP contribution in [0.25, 0.3) is 0 Å². The van der Waals surface area contributed by atoms with Crippen LogP contribution in [0.1, 0.15) is 30.5 Å². The van der Waals surface area contributed by atoms with Crippen LogP contribution in [0, 0.1) is 13.8 Å². The lowest BCUT2D eigenvalue weighted by Gasteiger charge is -2.06. The van der Waals surface area contributed by atoms with Crippen LogP contribution in [0.15, 0.2) is 30.3 Å². The van der Waals surface area contributed by atoms with Crippen molar-refractivity contribution in [1.29, 1.82) is 0 Å². The third kappa shape index (κ3) is 4.40. The van der Waals surface area contributed by atoms with Gasteiger partial charge >= 0.3 is 5.97 Å². The van der Waals surface area contributed by atoms with Crippen LogP contribution in [0.5, 0.6) is 0 Å². The Morgan fingerprint density at radius 3 is 2.48 bits per heavy atom. The molecule has 1 heterocycles. The summed E-state index contributed by atoms with van der Waals surface area (Å²) in [5.41, 5.74) is 1.81. The van der Waals surface area contributed by atoms with Crippen molar-refractivity contribution in [2.45, 2.75) is 13.8 Å². The van der Waals surface area contributed by atoms with Gasteiger partial charge in [0.1, 0.15) is 6.54 Å². The van der Waals surface area contributed by atoms with Gasteiger partial charge in [0.15, 0.2) is 0 Å². The molecule has 2 amide bonds. The van der Waals surface area contributed by atoms with Gasteiger partial charge in [0.2, 0.25) is 0 Å². The molecule has 0 atom stereocenters. The number of carbonyl (C=O) groups is 3. The van der Waals surface area contributed by atoms with Crippen LogP contribution < -0.4 is 10.6 Å². The maximum absolute atomic E-state index is 12.2. The van der Waals surface area contributed by atoms with E-state index in [-0.39, 0.29) is 11.5 Å². The number of anilines is 1. The van der Waals surface area contributed by atoms with Gasteiger partial charge in [-0.3, -0.25) is 14.4 Å². The van der Waals surface area contributed by atoms with E-state index in [1.54, 1.807) is 18.2 Å². The van der Waals surface area contributed by atoms with Crippen molar-refractivity contribution < 1.29 is 19.5 Å². The molecule has 0 fully saturated rings. The Hall–Kier alpha value is -2.67. The zero-order valence-corrected chi connectivity index (χ0v) is 13.5. The van der Waals surface area contributed by atoms with E-state index in [0.717, 1.165) is 10.4 Å². The number of amides is 2. The fraction of sp³-hybridized carbons (Fsp3) is 0.188. The Bertz CT molecular complexity index is 748. The van der Waals surface area contributed by atoms with Gasteiger partial charge in [-0.25, -0.2) is 0 Å². The molecule has 0 radical (unpaired) electrons. The summed E-state index contributed by atoms with van der Waals surface area (Å²) in [6.07, 6.45) is 0. The number of rotatable bonds is 5. The number of carboxylic acid groups (broad SMARTS) is 1. The molecule has 3 N–H and O–H groups in total. The molecule has 120 valence electrons. The molecule has 2 aromatic rings. The first-order chi connectivity index (χ1) is 10.9. The number of aliphatic carboxylic acids is 1. The van der Waals surface area contributed by atoms with Gasteiger partial charge in [-0.15, -0.1) is 11.3 Å². The minimum absolute atomic E-state index is 0.241. The molecule has 0 unspecified atom stereocenters. The molecule has 0 aliphatic rings. The molecular weight excluding hydrogens is 316 g/mol. The van der Waals surface area contributed by atoms with E-state index in [9.17, 15) is 14.4 Å². The Kier molecular flexibility index (Phi) is 5.13. The maximum Gasteiger partial charge on any atom is 0.322 e. The number of carbonyl (C=O) groups excluding carboxylic acids is 2. The van der Waals surface area contributed by atoms with E-state index in [4.69, 9.17) is 5.11 Å². The van der Waals surface area contributed by atoms with Crippen molar-refractivity contribution >= 4 is 34.8 Å². The van der Waals surface area contributed by atoms with E-state index in [0.29, 0.717) is 10.6 Å². The van der Waals surface area contributed by atoms with Crippen LogP contribution in [0.3, 0.4) is 0 Å². The van der Waals surface area contributed by atoms with Gasteiger partial charge in [-0.1, -0.05) is 6.07 Å². The fourth-order valence-electron chi connectivity index (χ4n) is 1.87. The first kappa shape index (κ1) is 16.7. The number of hydrogen-bond acceptors (Lipinski definition) is 4. The summed E-state index contributed by atoms with van der Waals surface area (Å²) in [6, 6.07) is 8.16. The number of carboxylic acids is 1. The van der Waals surface area contributed by atoms with Gasteiger partial charge in [-0.2, -0.15) is 0 Å². The standard InChI is InChI=1S/C16H16N2O4S/c1-9-6-13(23-10(9)2)16(22)18-12-5-3-4-11(7-12)15(21)17-8-14(19)20/h3-7H,8H2,1-2H3,(H,17,21)(H,18,22)(H,19,20). The van der Waals surface area contributed by atoms with E-state index in [1.807, 2.05) is 19.9 Å². The summed E-state index contributed by atoms with van der Waals surface area (Å²) in [5, 5.41) is 13.6. The van der Waals surface area contributed by atoms with Crippen LogP contribution >= 0.6 is 11.3 Å². The molecule has 1 aromatic carbocycles. The van der Waals surface area contributed by atoms with Crippen molar-refractivity contribution in [3.63, 3.8) is 0 Å². The van der Waals surface area contributed by atoms with E-state index < -0.39 is 18.4 Å². The van der Waals surface area contributed by atoms with Crippen molar-refractivity contribution in [3.05, 3.63) is 51.2 Å². The van der Waals surface area contributed by atoms with Gasteiger partial charge in [0.05, 0.1) is 4.88 Å². The average Bonchev–Trinajstić information content (AvgIpc) is 2.84. The molecule has 0 saturated carbocycles. The summed E-state index contributed by atoms with van der Waals surface area (Å²) >= 11 is 1.41. The second-order valence-corrected chi connectivity index (χ2v) is 6.22. The highest BCUT2D eigenvalue weighted by molar-refractivity contribution is 7.14. The number of aryl methyl sites for hydroxylation is 2. The third-order valence-electron chi connectivity index (χ3n) is 3.17. The molecular formula is C16H16N2O4S. The zero-order valence-electron chi connectivity index (χ0n) is 12.7. The average molecular weight is 332 g/mol. The third-order valence-corrected chi connectivity index (χ3v) is 4.32. The minimum Gasteiger partial charge on any atom is -0.480 e. The topological polar surface area (TPSA) is 95.5 Å². The Balaban J connectivity index is 2.09. The van der Waals surface area contributed by atoms with E-state index >= 15 is 0 Å². The largest absolute Gasteiger partial charge is 0.480 e. The molecule has 1 aromatic heterocycles. The quantitative estimate of drug-likeness (QED) is 0.783. The fourth-order valence-corrected chi connectivity index (χ4v) is 2.80. The molecule has 2 rings (SSSR count). The molecule has 0 saturated heterocycles.